The molecule has 0 fully saturated rings. The number of carbonyl (C=O) groups is 2. The number of hydrogen-bond acceptors (Lipinski definition) is 6. The van der Waals surface area contributed by atoms with Crippen LogP contribution in [0.2, 0.25) is 0 Å². The van der Waals surface area contributed by atoms with Crippen LogP contribution in [0.25, 0.3) is 11.3 Å². The van der Waals surface area contributed by atoms with Crippen LogP contribution in [0, 0.1) is 6.92 Å². The summed E-state index contributed by atoms with van der Waals surface area (Å²) in [6, 6.07) is 17.0. The predicted octanol–water partition coefficient (Wildman–Crippen LogP) is 4.17. The highest BCUT2D eigenvalue weighted by molar-refractivity contribution is 7.99. The van der Waals surface area contributed by atoms with Gasteiger partial charge in [0.1, 0.15) is 16.6 Å². The van der Waals surface area contributed by atoms with E-state index >= 15 is 0 Å². The van der Waals surface area contributed by atoms with Crippen molar-refractivity contribution in [2.45, 2.75) is 18.9 Å². The van der Waals surface area contributed by atoms with Gasteiger partial charge >= 0.3 is 0 Å². The summed E-state index contributed by atoms with van der Waals surface area (Å²) < 4.78 is 5.48. The molecule has 0 bridgehead atoms. The van der Waals surface area contributed by atoms with Crippen molar-refractivity contribution >= 4 is 29.1 Å². The minimum Gasteiger partial charge on any atom is -0.482 e. The highest BCUT2D eigenvalue weighted by Crippen LogP contribution is 2.33. The molecule has 0 unspecified atom stereocenters. The monoisotopic (exact) mass is 419 g/mol. The van der Waals surface area contributed by atoms with E-state index in [4.69, 9.17) is 4.74 Å². The molecule has 0 saturated carbocycles. The van der Waals surface area contributed by atoms with E-state index in [-0.39, 0.29) is 24.1 Å². The summed E-state index contributed by atoms with van der Waals surface area (Å²) in [7, 11) is 0. The second-order valence-corrected chi connectivity index (χ2v) is 7.82. The zero-order chi connectivity index (χ0) is 21.1. The van der Waals surface area contributed by atoms with E-state index in [2.05, 4.69) is 9.97 Å². The number of amides is 1. The zero-order valence-corrected chi connectivity index (χ0v) is 17.6. The van der Waals surface area contributed by atoms with Gasteiger partial charge < -0.3 is 9.64 Å². The molecule has 0 N–H and O–H groups in total. The second-order valence-electron chi connectivity index (χ2n) is 6.83. The molecule has 30 heavy (non-hydrogen) atoms. The van der Waals surface area contributed by atoms with Gasteiger partial charge in [-0.3, -0.25) is 9.59 Å². The van der Waals surface area contributed by atoms with Crippen LogP contribution in [-0.2, 0) is 4.79 Å². The number of ether oxygens (including phenoxy) is 1. The Morgan fingerprint density at radius 1 is 1.13 bits per heavy atom. The maximum absolute atomic E-state index is 12.8. The molecule has 0 aliphatic carbocycles. The Balaban J connectivity index is 1.51. The molecular formula is C23H21N3O3S. The Bertz CT molecular complexity index is 1100. The van der Waals surface area contributed by atoms with Crippen LogP contribution in [0.15, 0.2) is 59.6 Å². The third kappa shape index (κ3) is 4.21. The standard InChI is InChI=1S/C23H21N3O3S/c1-3-26-19-11-17(9-10-21(19)29-13-23(26)28)20(27)14-30-22-12-18(24-15(2)25-22)16-7-5-4-6-8-16/h4-12H,3,13-14H2,1-2H3. The summed E-state index contributed by atoms with van der Waals surface area (Å²) in [5.41, 5.74) is 3.04. The topological polar surface area (TPSA) is 72.4 Å². The van der Waals surface area contributed by atoms with Gasteiger partial charge in [-0.05, 0) is 38.1 Å². The van der Waals surface area contributed by atoms with E-state index in [0.717, 1.165) is 16.3 Å². The molecule has 4 rings (SSSR count). The zero-order valence-electron chi connectivity index (χ0n) is 16.8. The Hall–Kier alpha value is -3.19. The van der Waals surface area contributed by atoms with E-state index in [0.29, 0.717) is 29.4 Å². The van der Waals surface area contributed by atoms with E-state index in [1.54, 1.807) is 23.1 Å². The van der Waals surface area contributed by atoms with Gasteiger partial charge in [-0.25, -0.2) is 9.97 Å². The number of aryl methyl sites for hydroxylation is 1. The lowest BCUT2D eigenvalue weighted by atomic mass is 10.1. The number of fused-ring (bicyclic) bond motifs is 1. The molecule has 1 aliphatic heterocycles. The molecule has 1 amide bonds. The molecule has 152 valence electrons. The van der Waals surface area contributed by atoms with Crippen molar-refractivity contribution in [3.8, 4) is 17.0 Å². The maximum atomic E-state index is 12.8. The Labute approximate surface area is 179 Å². The van der Waals surface area contributed by atoms with Crippen LogP contribution in [0.1, 0.15) is 23.1 Å². The Morgan fingerprint density at radius 2 is 1.93 bits per heavy atom. The molecule has 2 aromatic carbocycles. The first-order valence-corrected chi connectivity index (χ1v) is 10.7. The summed E-state index contributed by atoms with van der Waals surface area (Å²) >= 11 is 1.38. The Morgan fingerprint density at radius 3 is 2.70 bits per heavy atom. The molecule has 2 heterocycles. The second kappa shape index (κ2) is 8.67. The normalized spacial score (nSPS) is 13.0. The third-order valence-electron chi connectivity index (χ3n) is 4.78. The fourth-order valence-electron chi connectivity index (χ4n) is 3.32. The first kappa shape index (κ1) is 20.1. The molecule has 1 aliphatic rings. The number of carbonyl (C=O) groups excluding carboxylic acids is 2. The smallest absolute Gasteiger partial charge is 0.265 e. The number of hydrogen-bond donors (Lipinski definition) is 0. The van der Waals surface area contributed by atoms with Gasteiger partial charge in [0.25, 0.3) is 5.91 Å². The van der Waals surface area contributed by atoms with Crippen molar-refractivity contribution in [3.05, 3.63) is 66.0 Å². The average molecular weight is 420 g/mol. The van der Waals surface area contributed by atoms with E-state index < -0.39 is 0 Å². The highest BCUT2D eigenvalue weighted by Gasteiger charge is 2.25. The number of benzene rings is 2. The minimum absolute atomic E-state index is 0.0286. The quantitative estimate of drug-likeness (QED) is 0.339. The number of Topliss-reactive ketones (excluding diaryl/α,β-unsaturated/α-hetero) is 1. The van der Waals surface area contributed by atoms with Crippen molar-refractivity contribution in [3.63, 3.8) is 0 Å². The van der Waals surface area contributed by atoms with Crippen molar-refractivity contribution < 1.29 is 14.3 Å². The van der Waals surface area contributed by atoms with Crippen LogP contribution in [0.5, 0.6) is 5.75 Å². The van der Waals surface area contributed by atoms with Gasteiger partial charge in [-0.15, -0.1) is 0 Å². The summed E-state index contributed by atoms with van der Waals surface area (Å²) in [6.45, 7) is 4.31. The number of aromatic nitrogens is 2. The molecule has 0 spiro atoms. The molecular weight excluding hydrogens is 398 g/mol. The largest absolute Gasteiger partial charge is 0.482 e. The molecule has 0 saturated heterocycles. The summed E-state index contributed by atoms with van der Waals surface area (Å²) in [5, 5.41) is 0.751. The van der Waals surface area contributed by atoms with Crippen LogP contribution in [0.3, 0.4) is 0 Å². The SMILES string of the molecule is CCN1C(=O)COc2ccc(C(=O)CSc3cc(-c4ccccc4)nc(C)n3)cc21. The fraction of sp³-hybridized carbons (Fsp3) is 0.217. The van der Waals surface area contributed by atoms with Gasteiger partial charge in [-0.1, -0.05) is 42.1 Å². The average Bonchev–Trinajstić information content (AvgIpc) is 2.77. The lowest BCUT2D eigenvalue weighted by Gasteiger charge is -2.28. The molecule has 0 radical (unpaired) electrons. The van der Waals surface area contributed by atoms with Crippen LogP contribution >= 0.6 is 11.8 Å². The van der Waals surface area contributed by atoms with Gasteiger partial charge in [0, 0.05) is 17.7 Å². The van der Waals surface area contributed by atoms with Crippen LogP contribution in [0.4, 0.5) is 5.69 Å². The van der Waals surface area contributed by atoms with Gasteiger partial charge in [-0.2, -0.15) is 0 Å². The number of anilines is 1. The lowest BCUT2D eigenvalue weighted by Crippen LogP contribution is -2.38. The number of ketones is 1. The summed E-state index contributed by atoms with van der Waals surface area (Å²) in [6.07, 6.45) is 0. The Kier molecular flexibility index (Phi) is 5.81. The maximum Gasteiger partial charge on any atom is 0.265 e. The van der Waals surface area contributed by atoms with Gasteiger partial charge in [0.15, 0.2) is 12.4 Å². The van der Waals surface area contributed by atoms with Gasteiger partial charge in [0.05, 0.1) is 17.1 Å². The van der Waals surface area contributed by atoms with Crippen molar-refractivity contribution in [2.24, 2.45) is 0 Å². The van der Waals surface area contributed by atoms with E-state index in [9.17, 15) is 9.59 Å². The first-order valence-electron chi connectivity index (χ1n) is 9.69. The van der Waals surface area contributed by atoms with Crippen LogP contribution in [-0.4, -0.2) is 40.6 Å². The van der Waals surface area contributed by atoms with Crippen LogP contribution < -0.4 is 9.64 Å². The third-order valence-corrected chi connectivity index (χ3v) is 5.69. The lowest BCUT2D eigenvalue weighted by molar-refractivity contribution is -0.121. The molecule has 1 aromatic heterocycles. The first-order chi connectivity index (χ1) is 14.5. The predicted molar refractivity (Wildman–Crippen MR) is 117 cm³/mol. The van der Waals surface area contributed by atoms with Gasteiger partial charge in [0.2, 0.25) is 0 Å². The minimum atomic E-state index is -0.103. The highest BCUT2D eigenvalue weighted by atomic mass is 32.2. The van der Waals surface area contributed by atoms with E-state index in [1.807, 2.05) is 50.2 Å². The molecule has 6 nitrogen and oxygen atoms in total. The summed E-state index contributed by atoms with van der Waals surface area (Å²) in [4.78, 5) is 35.5. The van der Waals surface area contributed by atoms with Crippen molar-refractivity contribution in [2.75, 3.05) is 23.8 Å². The summed E-state index contributed by atoms with van der Waals surface area (Å²) in [5.74, 6) is 1.39. The fourth-order valence-corrected chi connectivity index (χ4v) is 4.15. The van der Waals surface area contributed by atoms with Crippen molar-refractivity contribution in [1.82, 2.24) is 9.97 Å². The molecule has 0 atom stereocenters. The molecule has 7 heteroatoms. The number of thioether (sulfide) groups is 1. The van der Waals surface area contributed by atoms with Crippen molar-refractivity contribution in [1.29, 1.82) is 0 Å². The number of nitrogens with zero attached hydrogens (tertiary/aromatic N) is 3. The molecule has 3 aromatic rings. The number of rotatable bonds is 6. The number of likely N-dealkylation sites (N-methyl/N-ethyl adjacent to an activating group) is 1. The van der Waals surface area contributed by atoms with E-state index in [1.165, 1.54) is 11.8 Å².